The summed E-state index contributed by atoms with van der Waals surface area (Å²) in [5.41, 5.74) is 1.06. The number of benzene rings is 2. The van der Waals surface area contributed by atoms with Crippen molar-refractivity contribution in [2.75, 3.05) is 0 Å². The van der Waals surface area contributed by atoms with Crippen molar-refractivity contribution in [3.05, 3.63) is 68.3 Å². The second-order valence-corrected chi connectivity index (χ2v) is 6.47. The fraction of sp³-hybridized carbons (Fsp3) is 0.111. The minimum atomic E-state index is -0.633. The predicted molar refractivity (Wildman–Crippen MR) is 96.3 cm³/mol. The van der Waals surface area contributed by atoms with Crippen molar-refractivity contribution in [3.63, 3.8) is 0 Å². The summed E-state index contributed by atoms with van der Waals surface area (Å²) in [7, 11) is 0. The zero-order chi connectivity index (χ0) is 18.8. The number of nitro benzene ring substituents is 1. The Hall–Kier alpha value is -3.31. The van der Waals surface area contributed by atoms with Gasteiger partial charge in [0.05, 0.1) is 21.7 Å². The van der Waals surface area contributed by atoms with E-state index in [1.54, 1.807) is 17.6 Å². The van der Waals surface area contributed by atoms with Crippen molar-refractivity contribution < 1.29 is 14.1 Å². The van der Waals surface area contributed by atoms with Crippen LogP contribution in [0, 0.1) is 35.2 Å². The van der Waals surface area contributed by atoms with E-state index in [1.807, 2.05) is 0 Å². The van der Waals surface area contributed by atoms with Gasteiger partial charge in [-0.1, -0.05) is 23.3 Å². The average molecular weight is 369 g/mol. The summed E-state index contributed by atoms with van der Waals surface area (Å²) in [4.78, 5) is 27.3. The third-order valence-electron chi connectivity index (χ3n) is 3.74. The summed E-state index contributed by atoms with van der Waals surface area (Å²) in [6.07, 6.45) is 5.38. The standard InChI is InChI=1S/C18H12FN3O3S/c1-3-8-21-14-7-6-13(19)10-16(14)26-18(21)20-17(23)12-5-4-11(2)15(9-12)22(24)25/h1,4-7,9-10H,8H2,2H3. The second-order valence-electron chi connectivity index (χ2n) is 5.46. The van der Waals surface area contributed by atoms with Crippen molar-refractivity contribution in [3.8, 4) is 12.3 Å². The number of fused-ring (bicyclic) bond motifs is 1. The lowest BCUT2D eigenvalue weighted by molar-refractivity contribution is -0.385. The molecule has 0 fully saturated rings. The zero-order valence-corrected chi connectivity index (χ0v) is 14.4. The van der Waals surface area contributed by atoms with Crippen LogP contribution in [0.5, 0.6) is 0 Å². The maximum absolute atomic E-state index is 13.4. The molecule has 8 heteroatoms. The van der Waals surface area contributed by atoms with Gasteiger partial charge in [-0.05, 0) is 31.2 Å². The molecule has 2 aromatic carbocycles. The molecule has 0 saturated heterocycles. The van der Waals surface area contributed by atoms with Crippen LogP contribution >= 0.6 is 11.3 Å². The number of hydrogen-bond acceptors (Lipinski definition) is 4. The molecule has 3 rings (SSSR count). The van der Waals surface area contributed by atoms with E-state index in [0.717, 1.165) is 11.3 Å². The molecule has 0 atom stereocenters. The van der Waals surface area contributed by atoms with Gasteiger partial charge in [-0.2, -0.15) is 4.99 Å². The molecule has 0 aliphatic rings. The summed E-state index contributed by atoms with van der Waals surface area (Å²) in [5, 5.41) is 11.0. The molecule has 0 radical (unpaired) electrons. The number of carbonyl (C=O) groups excluding carboxylic acids is 1. The molecule has 130 valence electrons. The maximum atomic E-state index is 13.4. The molecule has 0 bridgehead atoms. The number of nitro groups is 1. The Balaban J connectivity index is 2.14. The van der Waals surface area contributed by atoms with Crippen LogP contribution < -0.4 is 4.80 Å². The smallest absolute Gasteiger partial charge is 0.279 e. The van der Waals surface area contributed by atoms with Gasteiger partial charge >= 0.3 is 0 Å². The maximum Gasteiger partial charge on any atom is 0.279 e. The Kier molecular flexibility index (Phi) is 4.65. The summed E-state index contributed by atoms with van der Waals surface area (Å²) in [6.45, 7) is 1.75. The molecule has 0 aliphatic carbocycles. The first-order chi connectivity index (χ1) is 12.4. The van der Waals surface area contributed by atoms with Crippen LogP contribution in [0.3, 0.4) is 0 Å². The molecule has 0 spiro atoms. The summed E-state index contributed by atoms with van der Waals surface area (Å²) < 4.78 is 15.7. The van der Waals surface area contributed by atoms with Crippen LogP contribution in [-0.2, 0) is 6.54 Å². The third-order valence-corrected chi connectivity index (χ3v) is 4.79. The highest BCUT2D eigenvalue weighted by Crippen LogP contribution is 2.21. The SMILES string of the molecule is C#CCn1c(=NC(=O)c2ccc(C)c([N+](=O)[O-])c2)sc2cc(F)ccc21. The van der Waals surface area contributed by atoms with Gasteiger partial charge in [0, 0.05) is 17.2 Å². The topological polar surface area (TPSA) is 77.5 Å². The van der Waals surface area contributed by atoms with E-state index in [-0.39, 0.29) is 17.8 Å². The van der Waals surface area contributed by atoms with E-state index in [9.17, 15) is 19.3 Å². The van der Waals surface area contributed by atoms with Gasteiger partial charge in [0.2, 0.25) is 0 Å². The third kappa shape index (κ3) is 3.25. The number of aromatic nitrogens is 1. The normalized spacial score (nSPS) is 11.5. The minimum Gasteiger partial charge on any atom is -0.305 e. The van der Waals surface area contributed by atoms with Gasteiger partial charge in [-0.25, -0.2) is 4.39 Å². The van der Waals surface area contributed by atoms with Crippen molar-refractivity contribution in [2.24, 2.45) is 4.99 Å². The molecule has 1 heterocycles. The molecule has 3 aromatic rings. The second kappa shape index (κ2) is 6.90. The van der Waals surface area contributed by atoms with E-state index in [2.05, 4.69) is 10.9 Å². The van der Waals surface area contributed by atoms with Crippen LogP contribution in [0.1, 0.15) is 15.9 Å². The highest BCUT2D eigenvalue weighted by Gasteiger charge is 2.15. The van der Waals surface area contributed by atoms with Gasteiger partial charge in [-0.3, -0.25) is 14.9 Å². The van der Waals surface area contributed by atoms with Crippen molar-refractivity contribution in [1.29, 1.82) is 0 Å². The summed E-state index contributed by atoms with van der Waals surface area (Å²) >= 11 is 1.12. The van der Waals surface area contributed by atoms with Gasteiger partial charge in [0.1, 0.15) is 5.82 Å². The Morgan fingerprint density at radius 1 is 1.38 bits per heavy atom. The fourth-order valence-corrected chi connectivity index (χ4v) is 3.52. The summed E-state index contributed by atoms with van der Waals surface area (Å²) in [5.74, 6) is 1.44. The number of thiazole rings is 1. The molecule has 0 unspecified atom stereocenters. The molecule has 1 aromatic heterocycles. The first-order valence-corrected chi connectivity index (χ1v) is 8.29. The number of nitrogens with zero attached hydrogens (tertiary/aromatic N) is 3. The van der Waals surface area contributed by atoms with Gasteiger partial charge in [0.25, 0.3) is 11.6 Å². The molecular weight excluding hydrogens is 357 g/mol. The molecule has 0 aliphatic heterocycles. The van der Waals surface area contributed by atoms with E-state index in [0.29, 0.717) is 20.6 Å². The number of halogens is 1. The van der Waals surface area contributed by atoms with E-state index >= 15 is 0 Å². The highest BCUT2D eigenvalue weighted by atomic mass is 32.1. The highest BCUT2D eigenvalue weighted by molar-refractivity contribution is 7.16. The Labute approximate surface area is 151 Å². The van der Waals surface area contributed by atoms with Crippen LogP contribution in [-0.4, -0.2) is 15.4 Å². The Morgan fingerprint density at radius 3 is 2.85 bits per heavy atom. The average Bonchev–Trinajstić information content (AvgIpc) is 2.91. The number of rotatable bonds is 3. The van der Waals surface area contributed by atoms with Crippen LogP contribution in [0.2, 0.25) is 0 Å². The van der Waals surface area contributed by atoms with Crippen molar-refractivity contribution >= 4 is 33.1 Å². The number of aryl methyl sites for hydroxylation is 1. The first kappa shape index (κ1) is 17.5. The van der Waals surface area contributed by atoms with Crippen molar-refractivity contribution in [1.82, 2.24) is 4.57 Å². The van der Waals surface area contributed by atoms with E-state index in [1.165, 1.54) is 30.3 Å². The van der Waals surface area contributed by atoms with Crippen molar-refractivity contribution in [2.45, 2.75) is 13.5 Å². The van der Waals surface area contributed by atoms with Crippen LogP contribution in [0.4, 0.5) is 10.1 Å². The van der Waals surface area contributed by atoms with Crippen LogP contribution in [0.15, 0.2) is 41.4 Å². The number of hydrogen-bond donors (Lipinski definition) is 0. The molecule has 1 amide bonds. The monoisotopic (exact) mass is 369 g/mol. The molecule has 26 heavy (non-hydrogen) atoms. The molecule has 6 nitrogen and oxygen atoms in total. The Bertz CT molecular complexity index is 1150. The van der Waals surface area contributed by atoms with Gasteiger partial charge in [-0.15, -0.1) is 6.42 Å². The first-order valence-electron chi connectivity index (χ1n) is 7.47. The zero-order valence-electron chi connectivity index (χ0n) is 13.6. The number of terminal acetylenes is 1. The lowest BCUT2D eigenvalue weighted by atomic mass is 10.1. The predicted octanol–water partition coefficient (Wildman–Crippen LogP) is 3.43. The molecule has 0 saturated carbocycles. The lowest BCUT2D eigenvalue weighted by Crippen LogP contribution is -2.16. The van der Waals surface area contributed by atoms with Crippen LogP contribution in [0.25, 0.3) is 10.2 Å². The van der Waals surface area contributed by atoms with E-state index in [4.69, 9.17) is 6.42 Å². The van der Waals surface area contributed by atoms with Gasteiger partial charge < -0.3 is 4.57 Å². The van der Waals surface area contributed by atoms with E-state index < -0.39 is 16.6 Å². The Morgan fingerprint density at radius 2 is 2.15 bits per heavy atom. The number of carbonyl (C=O) groups is 1. The van der Waals surface area contributed by atoms with Gasteiger partial charge in [0.15, 0.2) is 4.80 Å². The summed E-state index contributed by atoms with van der Waals surface area (Å²) in [6, 6.07) is 8.38. The lowest BCUT2D eigenvalue weighted by Gasteiger charge is -2.01. The molecule has 0 N–H and O–H groups in total. The number of amides is 1. The quantitative estimate of drug-likeness (QED) is 0.403. The minimum absolute atomic E-state index is 0.0956. The molecular formula is C18H12FN3O3S. The fourth-order valence-electron chi connectivity index (χ4n) is 2.47. The largest absolute Gasteiger partial charge is 0.305 e.